The summed E-state index contributed by atoms with van der Waals surface area (Å²) in [6.45, 7) is 7.83. The smallest absolute Gasteiger partial charge is 0.325 e. The van der Waals surface area contributed by atoms with E-state index >= 15 is 0 Å². The Morgan fingerprint density at radius 2 is 2.30 bits per heavy atom. The molecule has 0 amide bonds. The van der Waals surface area contributed by atoms with Crippen molar-refractivity contribution in [3.63, 3.8) is 0 Å². The Kier molecular flexibility index (Phi) is 5.04. The molecule has 0 radical (unpaired) electrons. The van der Waals surface area contributed by atoms with Gasteiger partial charge < -0.3 is 15.2 Å². The number of rotatable bonds is 5. The Morgan fingerprint density at radius 3 is 3.00 bits per heavy atom. The van der Waals surface area contributed by atoms with Crippen LogP contribution in [-0.2, 0) is 14.3 Å². The molecule has 5 heteroatoms. The van der Waals surface area contributed by atoms with Gasteiger partial charge in [0, 0.05) is 18.6 Å². The number of hydrogen-bond donors (Lipinski definition) is 1. The molecule has 2 rings (SSSR count). The summed E-state index contributed by atoms with van der Waals surface area (Å²) in [5, 5.41) is 0. The number of carbonyl (C=O) groups is 1. The average Bonchev–Trinajstić information content (AvgIpc) is 2.86. The van der Waals surface area contributed by atoms with Crippen molar-refractivity contribution in [1.82, 2.24) is 4.90 Å². The number of carbonyl (C=O) groups excluding carboxylic acids is 1. The minimum absolute atomic E-state index is 0.268. The van der Waals surface area contributed by atoms with Gasteiger partial charge in [0.25, 0.3) is 0 Å². The lowest BCUT2D eigenvalue weighted by Crippen LogP contribution is -2.56. The van der Waals surface area contributed by atoms with Gasteiger partial charge in [0.2, 0.25) is 0 Å². The van der Waals surface area contributed by atoms with Crippen LogP contribution in [0.1, 0.15) is 46.5 Å². The summed E-state index contributed by atoms with van der Waals surface area (Å²) in [7, 11) is 0. The van der Waals surface area contributed by atoms with Gasteiger partial charge >= 0.3 is 5.97 Å². The molecular weight excluding hydrogens is 256 g/mol. The number of nitrogens with zero attached hydrogens (tertiary/aromatic N) is 1. The molecular formula is C15H28N2O3. The highest BCUT2D eigenvalue weighted by Gasteiger charge is 2.41. The first-order valence-corrected chi connectivity index (χ1v) is 7.79. The molecule has 0 aromatic carbocycles. The van der Waals surface area contributed by atoms with Crippen molar-refractivity contribution in [2.24, 2.45) is 5.73 Å². The van der Waals surface area contributed by atoms with E-state index in [1.54, 1.807) is 6.92 Å². The first-order chi connectivity index (χ1) is 9.45. The summed E-state index contributed by atoms with van der Waals surface area (Å²) >= 11 is 0. The quantitative estimate of drug-likeness (QED) is 0.771. The highest BCUT2D eigenvalue weighted by atomic mass is 16.5. The molecule has 1 heterocycles. The Balaban J connectivity index is 1.96. The van der Waals surface area contributed by atoms with E-state index in [-0.39, 0.29) is 12.0 Å². The SMILES string of the molecule is CCOC(=O)C(C)(N)CC(C)N1CCOC2CCCC21. The molecule has 1 aliphatic carbocycles. The molecule has 20 heavy (non-hydrogen) atoms. The molecule has 2 fully saturated rings. The van der Waals surface area contributed by atoms with Crippen molar-refractivity contribution in [1.29, 1.82) is 0 Å². The van der Waals surface area contributed by atoms with E-state index in [0.29, 0.717) is 25.2 Å². The van der Waals surface area contributed by atoms with E-state index in [1.807, 2.05) is 6.92 Å². The average molecular weight is 284 g/mol. The van der Waals surface area contributed by atoms with Crippen molar-refractivity contribution < 1.29 is 14.3 Å². The highest BCUT2D eigenvalue weighted by molar-refractivity contribution is 5.80. The van der Waals surface area contributed by atoms with Gasteiger partial charge in [-0.05, 0) is 46.5 Å². The van der Waals surface area contributed by atoms with Crippen molar-refractivity contribution in [2.45, 2.75) is 70.2 Å². The number of hydrogen-bond acceptors (Lipinski definition) is 5. The second-order valence-corrected chi connectivity index (χ2v) is 6.34. The lowest BCUT2D eigenvalue weighted by molar-refractivity contribution is -0.150. The van der Waals surface area contributed by atoms with Gasteiger partial charge in [0.1, 0.15) is 5.54 Å². The molecule has 4 unspecified atom stereocenters. The van der Waals surface area contributed by atoms with Crippen LogP contribution in [-0.4, -0.2) is 54.4 Å². The van der Waals surface area contributed by atoms with Gasteiger partial charge in [-0.3, -0.25) is 9.69 Å². The summed E-state index contributed by atoms with van der Waals surface area (Å²) < 4.78 is 10.9. The standard InChI is InChI=1S/C15H28N2O3/c1-4-19-14(18)15(3,16)10-11(2)17-8-9-20-13-7-5-6-12(13)17/h11-13H,4-10,16H2,1-3H3. The molecule has 1 aliphatic heterocycles. The Hall–Kier alpha value is -0.650. The summed E-state index contributed by atoms with van der Waals surface area (Å²) in [5.74, 6) is -0.303. The lowest BCUT2D eigenvalue weighted by Gasteiger charge is -2.43. The van der Waals surface area contributed by atoms with Gasteiger partial charge in [0.15, 0.2) is 0 Å². The first-order valence-electron chi connectivity index (χ1n) is 7.79. The van der Waals surface area contributed by atoms with Gasteiger partial charge in [-0.15, -0.1) is 0 Å². The first kappa shape index (κ1) is 15.7. The van der Waals surface area contributed by atoms with Crippen molar-refractivity contribution >= 4 is 5.97 Å². The second-order valence-electron chi connectivity index (χ2n) is 6.34. The van der Waals surface area contributed by atoms with E-state index in [2.05, 4.69) is 11.8 Å². The number of ether oxygens (including phenoxy) is 2. The number of nitrogens with two attached hydrogens (primary N) is 1. The van der Waals surface area contributed by atoms with Crippen LogP contribution in [0, 0.1) is 0 Å². The van der Waals surface area contributed by atoms with Crippen LogP contribution >= 0.6 is 0 Å². The predicted molar refractivity (Wildman–Crippen MR) is 77.4 cm³/mol. The van der Waals surface area contributed by atoms with Crippen LogP contribution in [0.4, 0.5) is 0 Å². The fourth-order valence-electron chi connectivity index (χ4n) is 3.61. The van der Waals surface area contributed by atoms with Crippen LogP contribution in [0.5, 0.6) is 0 Å². The highest BCUT2D eigenvalue weighted by Crippen LogP contribution is 2.32. The number of morpholine rings is 1. The van der Waals surface area contributed by atoms with Crippen LogP contribution in [0.3, 0.4) is 0 Å². The molecule has 1 saturated carbocycles. The van der Waals surface area contributed by atoms with Crippen LogP contribution in [0.15, 0.2) is 0 Å². The van der Waals surface area contributed by atoms with Crippen molar-refractivity contribution in [3.8, 4) is 0 Å². The van der Waals surface area contributed by atoms with Crippen molar-refractivity contribution in [3.05, 3.63) is 0 Å². The minimum Gasteiger partial charge on any atom is -0.465 e. The Labute approximate surface area is 121 Å². The summed E-state index contributed by atoms with van der Waals surface area (Å²) in [6.07, 6.45) is 4.57. The Bertz CT molecular complexity index is 346. The fraction of sp³-hybridized carbons (Fsp3) is 0.933. The topological polar surface area (TPSA) is 64.8 Å². The summed E-state index contributed by atoms with van der Waals surface area (Å²) in [6, 6.07) is 0.764. The molecule has 4 atom stereocenters. The maximum atomic E-state index is 11.9. The molecule has 1 saturated heterocycles. The summed E-state index contributed by atoms with van der Waals surface area (Å²) in [5.41, 5.74) is 5.24. The van der Waals surface area contributed by atoms with E-state index in [1.165, 1.54) is 12.8 Å². The molecule has 0 aromatic heterocycles. The van der Waals surface area contributed by atoms with Gasteiger partial charge in [0.05, 0.1) is 19.3 Å². The molecule has 2 N–H and O–H groups in total. The van der Waals surface area contributed by atoms with Gasteiger partial charge in [-0.1, -0.05) is 0 Å². The zero-order valence-electron chi connectivity index (χ0n) is 12.9. The zero-order chi connectivity index (χ0) is 14.8. The predicted octanol–water partition coefficient (Wildman–Crippen LogP) is 1.30. The number of esters is 1. The van der Waals surface area contributed by atoms with Crippen LogP contribution in [0.25, 0.3) is 0 Å². The third-order valence-corrected chi connectivity index (χ3v) is 4.55. The van der Waals surface area contributed by atoms with E-state index in [0.717, 1.165) is 19.6 Å². The molecule has 5 nitrogen and oxygen atoms in total. The number of fused-ring (bicyclic) bond motifs is 1. The molecule has 0 spiro atoms. The monoisotopic (exact) mass is 284 g/mol. The van der Waals surface area contributed by atoms with Gasteiger partial charge in [-0.25, -0.2) is 0 Å². The second kappa shape index (κ2) is 6.41. The summed E-state index contributed by atoms with van der Waals surface area (Å²) in [4.78, 5) is 14.4. The Morgan fingerprint density at radius 1 is 1.55 bits per heavy atom. The zero-order valence-corrected chi connectivity index (χ0v) is 12.9. The molecule has 0 bridgehead atoms. The lowest BCUT2D eigenvalue weighted by atomic mass is 9.92. The third kappa shape index (κ3) is 3.32. The third-order valence-electron chi connectivity index (χ3n) is 4.55. The van der Waals surface area contributed by atoms with Crippen molar-refractivity contribution in [2.75, 3.05) is 19.8 Å². The maximum Gasteiger partial charge on any atom is 0.325 e. The van der Waals surface area contributed by atoms with Gasteiger partial charge in [-0.2, -0.15) is 0 Å². The van der Waals surface area contributed by atoms with E-state index in [9.17, 15) is 4.79 Å². The fourth-order valence-corrected chi connectivity index (χ4v) is 3.61. The van der Waals surface area contributed by atoms with Crippen LogP contribution in [0.2, 0.25) is 0 Å². The normalized spacial score (nSPS) is 31.4. The molecule has 2 aliphatic rings. The molecule has 0 aromatic rings. The largest absolute Gasteiger partial charge is 0.465 e. The molecule has 116 valence electrons. The minimum atomic E-state index is -0.915. The van der Waals surface area contributed by atoms with E-state index < -0.39 is 5.54 Å². The van der Waals surface area contributed by atoms with Crippen LogP contribution < -0.4 is 5.73 Å². The van der Waals surface area contributed by atoms with E-state index in [4.69, 9.17) is 15.2 Å². The maximum absolute atomic E-state index is 11.9.